The summed E-state index contributed by atoms with van der Waals surface area (Å²) in [6.07, 6.45) is 6.46. The molecule has 13 heteroatoms. The van der Waals surface area contributed by atoms with E-state index in [1.165, 1.54) is 35.3 Å². The van der Waals surface area contributed by atoms with E-state index >= 15 is 0 Å². The molecule has 180 valence electrons. The van der Waals surface area contributed by atoms with Gasteiger partial charge in [0.2, 0.25) is 17.7 Å². The van der Waals surface area contributed by atoms with Crippen LogP contribution in [0.25, 0.3) is 0 Å². The van der Waals surface area contributed by atoms with Gasteiger partial charge < -0.3 is 31.9 Å². The Hall–Kier alpha value is -1.15. The molecule has 4 atom stereocenters. The Morgan fingerprint density at radius 2 is 1.16 bits per heavy atom. The maximum absolute atomic E-state index is 12.6. The van der Waals surface area contributed by atoms with Crippen LogP contribution < -0.4 is 21.7 Å². The van der Waals surface area contributed by atoms with E-state index in [0.717, 1.165) is 0 Å². The van der Waals surface area contributed by atoms with Crippen molar-refractivity contribution in [2.45, 2.75) is 43.4 Å². The van der Waals surface area contributed by atoms with Gasteiger partial charge in [0.1, 0.15) is 18.1 Å². The number of aliphatic hydroxyl groups is 1. The first-order valence-corrected chi connectivity index (χ1v) is 13.9. The second-order valence-electron chi connectivity index (χ2n) is 6.66. The first-order valence-electron chi connectivity index (χ1n) is 9.68. The SMILES string of the molecule is CSCCC(N)C(=O)NC(CO)C(=O)NC(CCSC)C(=O)NC(CCSC)C(=O)O. The minimum absolute atomic E-state index is 0.245. The number of hydrogen-bond donors (Lipinski definition) is 6. The summed E-state index contributed by atoms with van der Waals surface area (Å²) in [7, 11) is 0. The monoisotopic (exact) mass is 498 g/mol. The van der Waals surface area contributed by atoms with Crippen molar-refractivity contribution in [3.63, 3.8) is 0 Å². The summed E-state index contributed by atoms with van der Waals surface area (Å²) in [5.74, 6) is -1.34. The minimum Gasteiger partial charge on any atom is -0.480 e. The van der Waals surface area contributed by atoms with Crippen molar-refractivity contribution >= 4 is 59.0 Å². The van der Waals surface area contributed by atoms with Crippen LogP contribution in [-0.4, -0.2) is 101 Å². The number of nitrogens with one attached hydrogen (secondary N) is 3. The number of carboxylic acids is 1. The van der Waals surface area contributed by atoms with E-state index in [1.54, 1.807) is 0 Å². The normalized spacial score (nSPS) is 14.7. The van der Waals surface area contributed by atoms with E-state index in [4.69, 9.17) is 5.73 Å². The van der Waals surface area contributed by atoms with Crippen molar-refractivity contribution in [3.05, 3.63) is 0 Å². The van der Waals surface area contributed by atoms with Crippen LogP contribution in [0.15, 0.2) is 0 Å². The Balaban J connectivity index is 5.12. The highest BCUT2D eigenvalue weighted by molar-refractivity contribution is 7.98. The highest BCUT2D eigenvalue weighted by Crippen LogP contribution is 2.06. The van der Waals surface area contributed by atoms with Gasteiger partial charge in [0.15, 0.2) is 0 Å². The van der Waals surface area contributed by atoms with Crippen LogP contribution in [0.4, 0.5) is 0 Å². The van der Waals surface area contributed by atoms with Crippen molar-refractivity contribution in [2.75, 3.05) is 42.6 Å². The van der Waals surface area contributed by atoms with Crippen molar-refractivity contribution in [1.29, 1.82) is 0 Å². The van der Waals surface area contributed by atoms with E-state index in [2.05, 4.69) is 16.0 Å². The summed E-state index contributed by atoms with van der Waals surface area (Å²) < 4.78 is 0. The molecule has 0 heterocycles. The number of thioether (sulfide) groups is 3. The smallest absolute Gasteiger partial charge is 0.326 e. The molecule has 0 aromatic heterocycles. The van der Waals surface area contributed by atoms with Gasteiger partial charge in [-0.25, -0.2) is 4.79 Å². The van der Waals surface area contributed by atoms with Gasteiger partial charge in [0.25, 0.3) is 0 Å². The maximum Gasteiger partial charge on any atom is 0.326 e. The third-order valence-corrected chi connectivity index (χ3v) is 6.19. The Kier molecular flexibility index (Phi) is 16.8. The van der Waals surface area contributed by atoms with E-state index in [1.807, 2.05) is 18.8 Å². The Bertz CT molecular complexity index is 584. The quantitative estimate of drug-likeness (QED) is 0.148. The van der Waals surface area contributed by atoms with Gasteiger partial charge in [0, 0.05) is 0 Å². The Labute approximate surface area is 196 Å². The van der Waals surface area contributed by atoms with Crippen LogP contribution in [0, 0.1) is 0 Å². The average molecular weight is 499 g/mol. The first kappa shape index (κ1) is 29.9. The molecular weight excluding hydrogens is 464 g/mol. The third-order valence-electron chi connectivity index (χ3n) is 4.25. The van der Waals surface area contributed by atoms with Crippen LogP contribution in [0.5, 0.6) is 0 Å². The lowest BCUT2D eigenvalue weighted by Gasteiger charge is -2.24. The molecule has 0 aliphatic heterocycles. The lowest BCUT2D eigenvalue weighted by molar-refractivity contribution is -0.142. The highest BCUT2D eigenvalue weighted by Gasteiger charge is 2.29. The van der Waals surface area contributed by atoms with Gasteiger partial charge in [-0.05, 0) is 55.3 Å². The number of aliphatic carboxylic acids is 1. The fraction of sp³-hybridized carbons (Fsp3) is 0.778. The third kappa shape index (κ3) is 12.5. The van der Waals surface area contributed by atoms with Crippen molar-refractivity contribution in [2.24, 2.45) is 5.73 Å². The molecule has 7 N–H and O–H groups in total. The minimum atomic E-state index is -1.27. The van der Waals surface area contributed by atoms with E-state index < -0.39 is 54.5 Å². The fourth-order valence-corrected chi connectivity index (χ4v) is 3.82. The van der Waals surface area contributed by atoms with Gasteiger partial charge in [0.05, 0.1) is 12.6 Å². The summed E-state index contributed by atoms with van der Waals surface area (Å²) in [6.45, 7) is -0.671. The molecule has 4 unspecified atom stereocenters. The summed E-state index contributed by atoms with van der Waals surface area (Å²) in [4.78, 5) is 48.8. The molecule has 0 rings (SSSR count). The number of hydrogen-bond acceptors (Lipinski definition) is 9. The predicted molar refractivity (Wildman–Crippen MR) is 127 cm³/mol. The van der Waals surface area contributed by atoms with E-state index in [9.17, 15) is 29.4 Å². The van der Waals surface area contributed by atoms with Crippen LogP contribution in [0.3, 0.4) is 0 Å². The van der Waals surface area contributed by atoms with Crippen LogP contribution in [-0.2, 0) is 19.2 Å². The second kappa shape index (κ2) is 17.4. The summed E-state index contributed by atoms with van der Waals surface area (Å²) >= 11 is 4.45. The van der Waals surface area contributed by atoms with Gasteiger partial charge in [-0.2, -0.15) is 35.3 Å². The van der Waals surface area contributed by atoms with E-state index in [0.29, 0.717) is 23.7 Å². The number of nitrogens with two attached hydrogens (primary N) is 1. The van der Waals surface area contributed by atoms with Crippen LogP contribution >= 0.6 is 35.3 Å². The lowest BCUT2D eigenvalue weighted by Crippen LogP contribution is -2.58. The van der Waals surface area contributed by atoms with Gasteiger partial charge in [-0.1, -0.05) is 0 Å². The number of carbonyl (C=O) groups excluding carboxylic acids is 3. The summed E-state index contributed by atoms with van der Waals surface area (Å²) in [5, 5.41) is 26.2. The first-order chi connectivity index (χ1) is 14.7. The molecule has 0 aliphatic carbocycles. The fourth-order valence-electron chi connectivity index (χ4n) is 2.39. The Morgan fingerprint density at radius 3 is 1.65 bits per heavy atom. The molecule has 0 fully saturated rings. The summed E-state index contributed by atoms with van der Waals surface area (Å²) in [6, 6.07) is -4.18. The topological polar surface area (TPSA) is 171 Å². The molecule has 0 spiro atoms. The van der Waals surface area contributed by atoms with Crippen LogP contribution in [0.2, 0.25) is 0 Å². The zero-order valence-electron chi connectivity index (χ0n) is 18.1. The van der Waals surface area contributed by atoms with Gasteiger partial charge >= 0.3 is 5.97 Å². The molecule has 0 saturated heterocycles. The van der Waals surface area contributed by atoms with Crippen molar-refractivity contribution in [1.82, 2.24) is 16.0 Å². The van der Waals surface area contributed by atoms with Gasteiger partial charge in [-0.15, -0.1) is 0 Å². The molecule has 3 amide bonds. The average Bonchev–Trinajstić information content (AvgIpc) is 2.74. The number of amides is 3. The molecule has 0 saturated carbocycles. The molecule has 0 aliphatic rings. The zero-order chi connectivity index (χ0) is 23.8. The van der Waals surface area contributed by atoms with Crippen molar-refractivity contribution < 1.29 is 29.4 Å². The van der Waals surface area contributed by atoms with Gasteiger partial charge in [-0.3, -0.25) is 14.4 Å². The predicted octanol–water partition coefficient (Wildman–Crippen LogP) is -0.896. The molecule has 0 aromatic carbocycles. The molecule has 0 bridgehead atoms. The highest BCUT2D eigenvalue weighted by atomic mass is 32.2. The Morgan fingerprint density at radius 1 is 0.742 bits per heavy atom. The summed E-state index contributed by atoms with van der Waals surface area (Å²) in [5.41, 5.74) is 5.78. The van der Waals surface area contributed by atoms with Crippen molar-refractivity contribution in [3.8, 4) is 0 Å². The standard InChI is InChI=1S/C18H34N4O6S3/c1-29-7-4-11(19)15(24)22-14(10-23)17(26)20-12(5-8-30-2)16(25)21-13(18(27)28)6-9-31-3/h11-14,23H,4-10,19H2,1-3H3,(H,20,26)(H,21,25)(H,22,24)(H,27,28). The molecular formula is C18H34N4O6S3. The number of rotatable bonds is 17. The number of carbonyl (C=O) groups is 4. The number of aliphatic hydroxyl groups excluding tert-OH is 1. The molecule has 10 nitrogen and oxygen atoms in total. The van der Waals surface area contributed by atoms with E-state index in [-0.39, 0.29) is 12.8 Å². The maximum atomic E-state index is 12.6. The van der Waals surface area contributed by atoms with Crippen LogP contribution in [0.1, 0.15) is 19.3 Å². The molecule has 0 radical (unpaired) electrons. The zero-order valence-corrected chi connectivity index (χ0v) is 20.5. The largest absolute Gasteiger partial charge is 0.480 e. The number of carboxylic acid groups (broad SMARTS) is 1. The second-order valence-corrected chi connectivity index (χ2v) is 9.61. The molecule has 0 aromatic rings. The lowest BCUT2D eigenvalue weighted by atomic mass is 10.1. The molecule has 31 heavy (non-hydrogen) atoms.